The van der Waals surface area contributed by atoms with E-state index in [1.54, 1.807) is 12.1 Å². The molecule has 0 fully saturated rings. The Morgan fingerprint density at radius 2 is 2.20 bits per heavy atom. The van der Waals surface area contributed by atoms with Crippen molar-refractivity contribution in [3.05, 3.63) is 35.2 Å². The normalized spacial score (nSPS) is 15.6. The number of nitrogens with two attached hydrogens (primary N) is 1. The van der Waals surface area contributed by atoms with E-state index in [1.807, 2.05) is 26.0 Å². The van der Waals surface area contributed by atoms with Crippen LogP contribution >= 0.6 is 0 Å². The largest absolute Gasteiger partial charge is 0.382 e. The molecule has 102 valence electrons. The summed E-state index contributed by atoms with van der Waals surface area (Å²) in [5.41, 5.74) is 8.95. The standard InChI is InChI=1S/C14H14FN5/c1-14(2)4-3-8-5-9(6-10(15)12(8)14)19-20-11(7-16)13(17)18/h3-6,19H,1-2H3,(H3,17,18)/b20-11+. The number of nitriles is 1. The van der Waals surface area contributed by atoms with E-state index < -0.39 is 5.84 Å². The van der Waals surface area contributed by atoms with Crippen molar-refractivity contribution in [3.8, 4) is 6.07 Å². The second-order valence-corrected chi connectivity index (χ2v) is 5.08. The third-order valence-corrected chi connectivity index (χ3v) is 3.10. The van der Waals surface area contributed by atoms with E-state index in [0.717, 1.165) is 5.56 Å². The van der Waals surface area contributed by atoms with Crippen molar-refractivity contribution in [1.29, 1.82) is 10.7 Å². The summed E-state index contributed by atoms with van der Waals surface area (Å²) in [4.78, 5) is 0. The molecule has 0 aliphatic heterocycles. The molecule has 0 unspecified atom stereocenters. The summed E-state index contributed by atoms with van der Waals surface area (Å²) in [7, 11) is 0. The first-order valence-electron chi connectivity index (χ1n) is 5.96. The molecule has 6 heteroatoms. The zero-order chi connectivity index (χ0) is 14.9. The Bertz CT molecular complexity index is 680. The summed E-state index contributed by atoms with van der Waals surface area (Å²) in [6, 6.07) is 4.73. The zero-order valence-electron chi connectivity index (χ0n) is 11.2. The van der Waals surface area contributed by atoms with Gasteiger partial charge in [0, 0.05) is 11.0 Å². The number of amidine groups is 1. The van der Waals surface area contributed by atoms with Crippen molar-refractivity contribution in [2.75, 3.05) is 5.43 Å². The van der Waals surface area contributed by atoms with E-state index in [4.69, 9.17) is 16.4 Å². The van der Waals surface area contributed by atoms with Crippen LogP contribution in [0.15, 0.2) is 23.3 Å². The minimum absolute atomic E-state index is 0.248. The fourth-order valence-electron chi connectivity index (χ4n) is 2.15. The van der Waals surface area contributed by atoms with E-state index >= 15 is 0 Å². The molecule has 1 aliphatic carbocycles. The van der Waals surface area contributed by atoms with Crippen LogP contribution in [0.2, 0.25) is 0 Å². The molecule has 0 bridgehead atoms. The van der Waals surface area contributed by atoms with Crippen molar-refractivity contribution in [2.24, 2.45) is 10.8 Å². The van der Waals surface area contributed by atoms with Gasteiger partial charge in [0.1, 0.15) is 11.9 Å². The van der Waals surface area contributed by atoms with Gasteiger partial charge < -0.3 is 5.73 Å². The zero-order valence-corrected chi connectivity index (χ0v) is 11.2. The highest BCUT2D eigenvalue weighted by Crippen LogP contribution is 2.38. The van der Waals surface area contributed by atoms with Gasteiger partial charge in [-0.05, 0) is 17.7 Å². The van der Waals surface area contributed by atoms with Crippen LogP contribution in [0.25, 0.3) is 6.08 Å². The summed E-state index contributed by atoms with van der Waals surface area (Å²) in [6.45, 7) is 3.88. The molecule has 0 radical (unpaired) electrons. The molecule has 0 spiro atoms. The molecule has 0 saturated heterocycles. The lowest BCUT2D eigenvalue weighted by Crippen LogP contribution is -2.22. The average molecular weight is 271 g/mol. The molecule has 0 heterocycles. The lowest BCUT2D eigenvalue weighted by atomic mass is 9.86. The van der Waals surface area contributed by atoms with Gasteiger partial charge in [0.15, 0.2) is 5.84 Å². The van der Waals surface area contributed by atoms with E-state index in [9.17, 15) is 4.39 Å². The van der Waals surface area contributed by atoms with Crippen molar-refractivity contribution < 1.29 is 4.39 Å². The fourth-order valence-corrected chi connectivity index (χ4v) is 2.15. The third kappa shape index (κ3) is 2.38. The first-order chi connectivity index (χ1) is 9.35. The van der Waals surface area contributed by atoms with Crippen LogP contribution in [0.1, 0.15) is 25.0 Å². The number of anilines is 1. The molecular weight excluding hydrogens is 257 g/mol. The van der Waals surface area contributed by atoms with Crippen LogP contribution in [-0.4, -0.2) is 11.5 Å². The van der Waals surface area contributed by atoms with Gasteiger partial charge >= 0.3 is 0 Å². The number of nitrogens with zero attached hydrogens (tertiary/aromatic N) is 2. The second kappa shape index (κ2) is 4.78. The van der Waals surface area contributed by atoms with Gasteiger partial charge in [0.2, 0.25) is 5.71 Å². The van der Waals surface area contributed by atoms with Crippen LogP contribution < -0.4 is 11.2 Å². The van der Waals surface area contributed by atoms with E-state index in [1.165, 1.54) is 6.07 Å². The molecule has 2 rings (SSSR count). The van der Waals surface area contributed by atoms with Crippen LogP contribution in [0.4, 0.5) is 10.1 Å². The Balaban J connectivity index is 2.34. The number of allylic oxidation sites excluding steroid dienone is 1. The SMILES string of the molecule is CC1(C)C=Cc2cc(N/N=C(\C#N)C(=N)N)cc(F)c21. The van der Waals surface area contributed by atoms with Crippen molar-refractivity contribution in [1.82, 2.24) is 0 Å². The number of nitrogens with one attached hydrogen (secondary N) is 2. The maximum absolute atomic E-state index is 14.2. The first-order valence-corrected chi connectivity index (χ1v) is 5.96. The number of fused-ring (bicyclic) bond motifs is 1. The van der Waals surface area contributed by atoms with Crippen molar-refractivity contribution in [2.45, 2.75) is 19.3 Å². The van der Waals surface area contributed by atoms with Gasteiger partial charge in [-0.15, -0.1) is 0 Å². The maximum Gasteiger partial charge on any atom is 0.201 e. The highest BCUT2D eigenvalue weighted by Gasteiger charge is 2.28. The molecule has 1 aromatic carbocycles. The highest BCUT2D eigenvalue weighted by molar-refractivity contribution is 6.45. The van der Waals surface area contributed by atoms with Gasteiger partial charge in [-0.2, -0.15) is 10.4 Å². The fraction of sp³-hybridized carbons (Fsp3) is 0.214. The summed E-state index contributed by atoms with van der Waals surface area (Å²) >= 11 is 0. The Morgan fingerprint density at radius 3 is 2.80 bits per heavy atom. The number of halogens is 1. The van der Waals surface area contributed by atoms with Crippen molar-refractivity contribution in [3.63, 3.8) is 0 Å². The third-order valence-electron chi connectivity index (χ3n) is 3.10. The molecule has 1 aliphatic rings. The molecule has 20 heavy (non-hydrogen) atoms. The van der Waals surface area contributed by atoms with Gasteiger partial charge in [-0.3, -0.25) is 10.8 Å². The Morgan fingerprint density at radius 1 is 1.50 bits per heavy atom. The molecule has 1 aromatic rings. The molecule has 0 amide bonds. The average Bonchev–Trinajstić information content (AvgIpc) is 2.66. The van der Waals surface area contributed by atoms with Gasteiger partial charge in [0.05, 0.1) is 5.69 Å². The number of benzene rings is 1. The Labute approximate surface area is 116 Å². The van der Waals surface area contributed by atoms with Gasteiger partial charge in [-0.25, -0.2) is 4.39 Å². The summed E-state index contributed by atoms with van der Waals surface area (Å²) in [5.74, 6) is -0.779. The smallest absolute Gasteiger partial charge is 0.201 e. The van der Waals surface area contributed by atoms with E-state index in [2.05, 4.69) is 10.5 Å². The highest BCUT2D eigenvalue weighted by atomic mass is 19.1. The molecular formula is C14H14FN5. The lowest BCUT2D eigenvalue weighted by Gasteiger charge is -2.19. The second-order valence-electron chi connectivity index (χ2n) is 5.08. The van der Waals surface area contributed by atoms with E-state index in [0.29, 0.717) is 11.3 Å². The summed E-state index contributed by atoms with van der Waals surface area (Å²) in [5, 5.41) is 19.5. The summed E-state index contributed by atoms with van der Waals surface area (Å²) < 4.78 is 14.2. The monoisotopic (exact) mass is 271 g/mol. The van der Waals surface area contributed by atoms with Crippen LogP contribution in [0, 0.1) is 22.6 Å². The Kier molecular flexibility index (Phi) is 3.28. The maximum atomic E-state index is 14.2. The Hall–Kier alpha value is -2.68. The van der Waals surface area contributed by atoms with Crippen LogP contribution in [-0.2, 0) is 5.41 Å². The number of hydrazone groups is 1. The minimum Gasteiger partial charge on any atom is -0.382 e. The molecule has 4 N–H and O–H groups in total. The van der Waals surface area contributed by atoms with Crippen LogP contribution in [0.5, 0.6) is 0 Å². The van der Waals surface area contributed by atoms with Gasteiger partial charge in [-0.1, -0.05) is 26.0 Å². The van der Waals surface area contributed by atoms with Crippen LogP contribution in [0.3, 0.4) is 0 Å². The summed E-state index contributed by atoms with van der Waals surface area (Å²) in [6.07, 6.45) is 3.79. The van der Waals surface area contributed by atoms with Gasteiger partial charge in [0.25, 0.3) is 0 Å². The molecule has 0 aromatic heterocycles. The lowest BCUT2D eigenvalue weighted by molar-refractivity contribution is 0.565. The van der Waals surface area contributed by atoms with E-state index in [-0.39, 0.29) is 16.9 Å². The quantitative estimate of drug-likeness (QED) is 0.447. The molecule has 0 saturated carbocycles. The molecule has 0 atom stereocenters. The number of hydrogen-bond acceptors (Lipinski definition) is 4. The predicted octanol–water partition coefficient (Wildman–Crippen LogP) is 2.36. The number of rotatable bonds is 3. The number of hydrogen-bond donors (Lipinski definition) is 3. The first kappa shape index (κ1) is 13.7. The van der Waals surface area contributed by atoms with Crippen molar-refractivity contribution >= 4 is 23.3 Å². The predicted molar refractivity (Wildman–Crippen MR) is 77.0 cm³/mol. The minimum atomic E-state index is -0.442. The molecule has 5 nitrogen and oxygen atoms in total. The topological polar surface area (TPSA) is 98.0 Å².